The molecule has 0 fully saturated rings. The van der Waals surface area contributed by atoms with Crippen molar-refractivity contribution >= 4 is 12.6 Å². The lowest BCUT2D eigenvalue weighted by Crippen LogP contribution is -1.90. The first kappa shape index (κ1) is 9.20. The number of hydrogen-bond acceptors (Lipinski definition) is 2. The third-order valence-electron chi connectivity index (χ3n) is 1.68. The molecule has 0 amide bonds. The molecule has 0 saturated carbocycles. The van der Waals surface area contributed by atoms with E-state index in [2.05, 4.69) is 19.2 Å². The van der Waals surface area contributed by atoms with Crippen molar-refractivity contribution in [1.82, 2.24) is 0 Å². The molecular formula is C10H12OS. The standard InChI is InChI=1S/C10H12OS/c1-8(7-12)9-5-3-2-4-6-10(9)11/h3-6,11-12H,1-2,7H2. The average molecular weight is 180 g/mol. The largest absolute Gasteiger partial charge is 0.507 e. The van der Waals surface area contributed by atoms with Crippen LogP contribution in [0.15, 0.2) is 47.8 Å². The minimum atomic E-state index is 0.280. The molecule has 0 unspecified atom stereocenters. The Morgan fingerprint density at radius 3 is 2.83 bits per heavy atom. The minimum Gasteiger partial charge on any atom is -0.507 e. The van der Waals surface area contributed by atoms with Gasteiger partial charge in [0.25, 0.3) is 0 Å². The Morgan fingerprint density at radius 2 is 2.17 bits per heavy atom. The number of allylic oxidation sites excluding steroid dienone is 5. The quantitative estimate of drug-likeness (QED) is 0.626. The number of aliphatic hydroxyl groups is 1. The van der Waals surface area contributed by atoms with Crippen LogP contribution in [0.1, 0.15) is 6.42 Å². The van der Waals surface area contributed by atoms with Gasteiger partial charge in [-0.3, -0.25) is 0 Å². The van der Waals surface area contributed by atoms with Gasteiger partial charge in [-0.15, -0.1) is 0 Å². The van der Waals surface area contributed by atoms with E-state index in [1.807, 2.05) is 18.2 Å². The molecule has 12 heavy (non-hydrogen) atoms. The van der Waals surface area contributed by atoms with Gasteiger partial charge in [0, 0.05) is 11.3 Å². The Kier molecular flexibility index (Phi) is 3.23. The second-order valence-corrected chi connectivity index (χ2v) is 2.92. The van der Waals surface area contributed by atoms with E-state index in [4.69, 9.17) is 0 Å². The van der Waals surface area contributed by atoms with Gasteiger partial charge in [-0.05, 0) is 18.1 Å². The Balaban J connectivity index is 2.98. The number of hydrogen-bond donors (Lipinski definition) is 2. The molecule has 0 bridgehead atoms. The van der Waals surface area contributed by atoms with Gasteiger partial charge in [-0.25, -0.2) is 0 Å². The fraction of sp³-hybridized carbons (Fsp3) is 0.200. The van der Waals surface area contributed by atoms with Crippen LogP contribution in [0.4, 0.5) is 0 Å². The Hall–Kier alpha value is -0.890. The maximum absolute atomic E-state index is 9.50. The van der Waals surface area contributed by atoms with Crippen molar-refractivity contribution in [3.8, 4) is 0 Å². The molecule has 0 radical (unpaired) electrons. The third kappa shape index (κ3) is 2.05. The second kappa shape index (κ2) is 4.21. The predicted octanol–water partition coefficient (Wildman–Crippen LogP) is 2.80. The van der Waals surface area contributed by atoms with Crippen molar-refractivity contribution in [1.29, 1.82) is 0 Å². The molecule has 0 atom stereocenters. The van der Waals surface area contributed by atoms with Crippen LogP contribution in [0.5, 0.6) is 0 Å². The topological polar surface area (TPSA) is 20.2 Å². The van der Waals surface area contributed by atoms with Crippen LogP contribution in [0.25, 0.3) is 0 Å². The van der Waals surface area contributed by atoms with Crippen LogP contribution in [0, 0.1) is 0 Å². The zero-order valence-electron chi connectivity index (χ0n) is 6.83. The summed E-state index contributed by atoms with van der Waals surface area (Å²) in [7, 11) is 0. The van der Waals surface area contributed by atoms with E-state index in [1.54, 1.807) is 6.08 Å². The van der Waals surface area contributed by atoms with Crippen molar-refractivity contribution in [2.24, 2.45) is 0 Å². The fourth-order valence-corrected chi connectivity index (χ4v) is 1.17. The molecule has 1 N–H and O–H groups in total. The van der Waals surface area contributed by atoms with Gasteiger partial charge >= 0.3 is 0 Å². The highest BCUT2D eigenvalue weighted by atomic mass is 32.1. The molecule has 0 saturated heterocycles. The lowest BCUT2D eigenvalue weighted by atomic mass is 10.1. The van der Waals surface area contributed by atoms with Crippen LogP contribution in [0.3, 0.4) is 0 Å². The lowest BCUT2D eigenvalue weighted by Gasteiger charge is -2.03. The van der Waals surface area contributed by atoms with E-state index < -0.39 is 0 Å². The van der Waals surface area contributed by atoms with Crippen LogP contribution in [-0.2, 0) is 0 Å². The zero-order valence-corrected chi connectivity index (χ0v) is 7.72. The van der Waals surface area contributed by atoms with E-state index in [9.17, 15) is 5.11 Å². The first-order chi connectivity index (χ1) is 5.75. The van der Waals surface area contributed by atoms with Gasteiger partial charge in [0.1, 0.15) is 5.76 Å². The monoisotopic (exact) mass is 180 g/mol. The first-order valence-electron chi connectivity index (χ1n) is 3.81. The van der Waals surface area contributed by atoms with E-state index in [0.717, 1.165) is 17.6 Å². The minimum absolute atomic E-state index is 0.280. The summed E-state index contributed by atoms with van der Waals surface area (Å²) in [6.07, 6.45) is 8.33. The molecule has 0 aromatic carbocycles. The molecule has 0 aromatic heterocycles. The van der Waals surface area contributed by atoms with Gasteiger partial charge in [0.2, 0.25) is 0 Å². The van der Waals surface area contributed by atoms with Crippen molar-refractivity contribution in [2.75, 3.05) is 5.75 Å². The van der Waals surface area contributed by atoms with Crippen molar-refractivity contribution in [2.45, 2.75) is 6.42 Å². The molecule has 64 valence electrons. The lowest BCUT2D eigenvalue weighted by molar-refractivity contribution is 0.428. The number of aliphatic hydroxyl groups excluding tert-OH is 1. The molecule has 0 aliphatic heterocycles. The first-order valence-corrected chi connectivity index (χ1v) is 4.44. The molecule has 2 heteroatoms. The molecule has 0 heterocycles. The van der Waals surface area contributed by atoms with Crippen LogP contribution >= 0.6 is 12.6 Å². The molecule has 1 aliphatic rings. The van der Waals surface area contributed by atoms with Crippen LogP contribution < -0.4 is 0 Å². The summed E-state index contributed by atoms with van der Waals surface area (Å²) >= 11 is 4.10. The normalized spacial score (nSPS) is 16.4. The summed E-state index contributed by atoms with van der Waals surface area (Å²) in [5.74, 6) is 0.847. The molecule has 0 spiro atoms. The Bertz CT molecular complexity index is 272. The highest BCUT2D eigenvalue weighted by Gasteiger charge is 2.04. The molecule has 1 rings (SSSR count). The van der Waals surface area contributed by atoms with Crippen molar-refractivity contribution in [3.63, 3.8) is 0 Å². The summed E-state index contributed by atoms with van der Waals surface area (Å²) in [4.78, 5) is 0. The van der Waals surface area contributed by atoms with E-state index >= 15 is 0 Å². The fourth-order valence-electron chi connectivity index (χ4n) is 1.00. The van der Waals surface area contributed by atoms with Crippen LogP contribution in [0.2, 0.25) is 0 Å². The number of thiol groups is 1. The summed E-state index contributed by atoms with van der Waals surface area (Å²) in [5, 5.41) is 9.50. The maximum Gasteiger partial charge on any atom is 0.122 e. The van der Waals surface area contributed by atoms with Crippen molar-refractivity contribution in [3.05, 3.63) is 47.8 Å². The summed E-state index contributed by atoms with van der Waals surface area (Å²) < 4.78 is 0. The van der Waals surface area contributed by atoms with Gasteiger partial charge < -0.3 is 5.11 Å². The predicted molar refractivity (Wildman–Crippen MR) is 55.5 cm³/mol. The van der Waals surface area contributed by atoms with Gasteiger partial charge in [0.05, 0.1) is 0 Å². The maximum atomic E-state index is 9.50. The second-order valence-electron chi connectivity index (χ2n) is 2.60. The van der Waals surface area contributed by atoms with Gasteiger partial charge in [-0.2, -0.15) is 12.6 Å². The van der Waals surface area contributed by atoms with E-state index in [1.165, 1.54) is 0 Å². The summed E-state index contributed by atoms with van der Waals surface area (Å²) in [5.41, 5.74) is 1.64. The van der Waals surface area contributed by atoms with E-state index in [-0.39, 0.29) is 5.76 Å². The van der Waals surface area contributed by atoms with Gasteiger partial charge in [0.15, 0.2) is 0 Å². The highest BCUT2D eigenvalue weighted by molar-refractivity contribution is 7.80. The van der Waals surface area contributed by atoms with Gasteiger partial charge in [-0.1, -0.05) is 24.8 Å². The summed E-state index contributed by atoms with van der Waals surface area (Å²) in [6, 6.07) is 0. The Morgan fingerprint density at radius 1 is 1.50 bits per heavy atom. The molecular weight excluding hydrogens is 168 g/mol. The summed E-state index contributed by atoms with van der Waals surface area (Å²) in [6.45, 7) is 3.81. The highest BCUT2D eigenvalue weighted by Crippen LogP contribution is 2.18. The molecule has 1 nitrogen and oxygen atoms in total. The molecule has 1 aliphatic carbocycles. The third-order valence-corrected chi connectivity index (χ3v) is 2.06. The molecule has 0 aromatic rings. The van der Waals surface area contributed by atoms with E-state index in [0.29, 0.717) is 5.75 Å². The smallest absolute Gasteiger partial charge is 0.122 e. The Labute approximate surface area is 78.2 Å². The van der Waals surface area contributed by atoms with Crippen molar-refractivity contribution < 1.29 is 5.11 Å². The average Bonchev–Trinajstić information content (AvgIpc) is 2.28. The number of rotatable bonds is 2. The van der Waals surface area contributed by atoms with Crippen LogP contribution in [-0.4, -0.2) is 10.9 Å². The zero-order chi connectivity index (χ0) is 8.97. The SMILES string of the molecule is C=C(CS)C1=C(O)C=CCC=C1.